The highest BCUT2D eigenvalue weighted by atomic mass is 31.2. The number of rotatable bonds is 88. The lowest BCUT2D eigenvalue weighted by atomic mass is 10.0. The molecular formula is C90H176O17P2. The Morgan fingerprint density at radius 2 is 0.422 bits per heavy atom. The molecule has 0 aromatic heterocycles. The third-order valence-electron chi connectivity index (χ3n) is 21.1. The molecule has 3 N–H and O–H groups in total. The molecule has 0 radical (unpaired) electrons. The molecule has 0 saturated heterocycles. The number of hydrogen-bond acceptors (Lipinski definition) is 15. The minimum atomic E-state index is -4.97. The first kappa shape index (κ1) is 107. The predicted molar refractivity (Wildman–Crippen MR) is 451 cm³/mol. The number of unbranched alkanes of at least 4 members (excludes halogenated alkanes) is 56. The Morgan fingerprint density at radius 3 is 0.624 bits per heavy atom. The highest BCUT2D eigenvalue weighted by molar-refractivity contribution is 7.47. The lowest BCUT2D eigenvalue weighted by Gasteiger charge is -2.21. The van der Waals surface area contributed by atoms with Crippen LogP contribution in [0.3, 0.4) is 0 Å². The van der Waals surface area contributed by atoms with Crippen molar-refractivity contribution in [3.63, 3.8) is 0 Å². The van der Waals surface area contributed by atoms with Crippen LogP contribution in [-0.2, 0) is 65.4 Å². The standard InChI is InChI=1S/C90H176O17P2/c1-8-9-10-11-12-13-14-26-36-43-50-57-64-71-87(92)100-77-85(106-90(95)74-67-60-53-46-39-32-25-19-22-29-35-42-49-56-63-70-83(6)7)79-104-108(96,97)102-75-84(91)76-103-109(98,99)105-80-86(107-89(94)73-66-59-52-45-38-31-24-18-16-21-28-34-41-48-55-62-69-82(4)5)78-101-88(93)72-65-58-51-44-37-30-23-17-15-20-27-33-40-47-54-61-68-81(2)3/h81-86,91H,8-80H2,1-7H3,(H,96,97)(H,98,99)/t84-,85+,86+/m0/s1. The van der Waals surface area contributed by atoms with Crippen LogP contribution >= 0.6 is 15.6 Å². The highest BCUT2D eigenvalue weighted by Crippen LogP contribution is 2.45. The largest absolute Gasteiger partial charge is 0.472 e. The van der Waals surface area contributed by atoms with Gasteiger partial charge in [0.25, 0.3) is 0 Å². The van der Waals surface area contributed by atoms with E-state index >= 15 is 0 Å². The van der Waals surface area contributed by atoms with Crippen molar-refractivity contribution >= 4 is 39.5 Å². The van der Waals surface area contributed by atoms with Crippen molar-refractivity contribution < 1.29 is 80.2 Å². The minimum absolute atomic E-state index is 0.108. The molecule has 109 heavy (non-hydrogen) atoms. The van der Waals surface area contributed by atoms with Gasteiger partial charge in [-0.3, -0.25) is 37.3 Å². The maximum Gasteiger partial charge on any atom is 0.472 e. The zero-order chi connectivity index (χ0) is 80.0. The second kappa shape index (κ2) is 79.9. The molecule has 0 aromatic rings. The first-order valence-electron chi connectivity index (χ1n) is 46.3. The van der Waals surface area contributed by atoms with Crippen LogP contribution in [0.25, 0.3) is 0 Å². The third-order valence-corrected chi connectivity index (χ3v) is 23.0. The third kappa shape index (κ3) is 83.8. The molecule has 0 fully saturated rings. The number of hydrogen-bond donors (Lipinski definition) is 3. The molecule has 0 heterocycles. The van der Waals surface area contributed by atoms with Crippen molar-refractivity contribution in [3.8, 4) is 0 Å². The zero-order valence-corrected chi connectivity index (χ0v) is 73.8. The van der Waals surface area contributed by atoms with E-state index in [1.807, 2.05) is 0 Å². The smallest absolute Gasteiger partial charge is 0.462 e. The first-order chi connectivity index (χ1) is 52.7. The van der Waals surface area contributed by atoms with E-state index in [0.29, 0.717) is 25.7 Å². The summed E-state index contributed by atoms with van der Waals surface area (Å²) in [4.78, 5) is 73.4. The fourth-order valence-electron chi connectivity index (χ4n) is 14.1. The number of phosphoric ester groups is 2. The van der Waals surface area contributed by atoms with Crippen molar-refractivity contribution in [2.24, 2.45) is 17.8 Å². The van der Waals surface area contributed by atoms with Crippen LogP contribution in [0, 0.1) is 17.8 Å². The number of carbonyl (C=O) groups is 4. The molecule has 0 rings (SSSR count). The fourth-order valence-corrected chi connectivity index (χ4v) is 15.7. The molecular weight excluding hydrogens is 1410 g/mol. The first-order valence-corrected chi connectivity index (χ1v) is 49.3. The molecule has 0 aliphatic carbocycles. The monoisotopic (exact) mass is 1590 g/mol. The summed E-state index contributed by atoms with van der Waals surface area (Å²) in [6.45, 7) is 12.1. The van der Waals surface area contributed by atoms with Crippen LogP contribution < -0.4 is 0 Å². The van der Waals surface area contributed by atoms with Gasteiger partial charge in [0.1, 0.15) is 19.3 Å². The molecule has 0 bridgehead atoms. The van der Waals surface area contributed by atoms with E-state index < -0.39 is 97.5 Å². The molecule has 0 amide bonds. The molecule has 19 heteroatoms. The molecule has 0 saturated carbocycles. The van der Waals surface area contributed by atoms with Gasteiger partial charge in [0.2, 0.25) is 0 Å². The maximum atomic E-state index is 13.2. The molecule has 0 spiro atoms. The van der Waals surface area contributed by atoms with Gasteiger partial charge in [0, 0.05) is 25.7 Å². The van der Waals surface area contributed by atoms with Gasteiger partial charge in [0.05, 0.1) is 26.4 Å². The van der Waals surface area contributed by atoms with E-state index in [9.17, 15) is 43.2 Å². The van der Waals surface area contributed by atoms with Crippen molar-refractivity contribution in [1.29, 1.82) is 0 Å². The van der Waals surface area contributed by atoms with E-state index in [1.54, 1.807) is 0 Å². The molecule has 5 atom stereocenters. The number of aliphatic hydroxyl groups excluding tert-OH is 1. The van der Waals surface area contributed by atoms with Crippen molar-refractivity contribution in [2.45, 2.75) is 497 Å². The van der Waals surface area contributed by atoms with Crippen LogP contribution in [0.4, 0.5) is 0 Å². The fraction of sp³-hybridized carbons (Fsp3) is 0.956. The van der Waals surface area contributed by atoms with E-state index in [2.05, 4.69) is 48.5 Å². The number of carbonyl (C=O) groups excluding carboxylic acids is 4. The number of phosphoric acid groups is 2. The second-order valence-electron chi connectivity index (χ2n) is 33.8. The number of esters is 4. The summed E-state index contributed by atoms with van der Waals surface area (Å²) < 4.78 is 69.1. The van der Waals surface area contributed by atoms with Crippen LogP contribution in [0.5, 0.6) is 0 Å². The minimum Gasteiger partial charge on any atom is -0.462 e. The highest BCUT2D eigenvalue weighted by Gasteiger charge is 2.31. The summed E-state index contributed by atoms with van der Waals surface area (Å²) in [5.74, 6) is 0.328. The quantitative estimate of drug-likeness (QED) is 0.0222. The molecule has 648 valence electrons. The van der Waals surface area contributed by atoms with Crippen molar-refractivity contribution in [3.05, 3.63) is 0 Å². The van der Waals surface area contributed by atoms with Crippen LogP contribution in [-0.4, -0.2) is 96.7 Å². The van der Waals surface area contributed by atoms with Crippen LogP contribution in [0.15, 0.2) is 0 Å². The lowest BCUT2D eigenvalue weighted by molar-refractivity contribution is -0.161. The SMILES string of the molecule is CCCCCCCCCCCCCCCC(=O)OC[C@H](COP(=O)(O)OC[C@H](O)COP(=O)(O)OC[C@@H](COC(=O)CCCCCCCCCCCCCCCCCCC(C)C)OC(=O)CCCCCCCCCCCCCCCCCCC(C)C)OC(=O)CCCCCCCCCCCCCCCCCC(C)C. The van der Waals surface area contributed by atoms with E-state index in [0.717, 1.165) is 108 Å². The summed E-state index contributed by atoms with van der Waals surface area (Å²) in [7, 11) is -9.94. The van der Waals surface area contributed by atoms with Crippen molar-refractivity contribution in [2.75, 3.05) is 39.6 Å². The van der Waals surface area contributed by atoms with E-state index in [-0.39, 0.29) is 25.7 Å². The Balaban J connectivity index is 5.27. The molecule has 17 nitrogen and oxygen atoms in total. The molecule has 0 aliphatic heterocycles. The summed E-state index contributed by atoms with van der Waals surface area (Å²) in [6, 6.07) is 0. The van der Waals surface area contributed by atoms with Gasteiger partial charge < -0.3 is 33.8 Å². The second-order valence-corrected chi connectivity index (χ2v) is 36.7. The van der Waals surface area contributed by atoms with Gasteiger partial charge in [-0.25, -0.2) is 9.13 Å². The maximum absolute atomic E-state index is 13.2. The molecule has 0 aromatic carbocycles. The molecule has 2 unspecified atom stereocenters. The van der Waals surface area contributed by atoms with E-state index in [4.69, 9.17) is 37.0 Å². The molecule has 0 aliphatic rings. The Hall–Kier alpha value is -1.94. The summed E-state index contributed by atoms with van der Waals surface area (Å²) in [5, 5.41) is 10.7. The van der Waals surface area contributed by atoms with Gasteiger partial charge in [-0.05, 0) is 43.4 Å². The van der Waals surface area contributed by atoms with Gasteiger partial charge in [-0.15, -0.1) is 0 Å². The Labute approximate surface area is 670 Å². The Morgan fingerprint density at radius 1 is 0.248 bits per heavy atom. The summed E-state index contributed by atoms with van der Waals surface area (Å²) in [5.41, 5.74) is 0. The topological polar surface area (TPSA) is 237 Å². The lowest BCUT2D eigenvalue weighted by Crippen LogP contribution is -2.30. The summed E-state index contributed by atoms with van der Waals surface area (Å²) >= 11 is 0. The van der Waals surface area contributed by atoms with Crippen LogP contribution in [0.1, 0.15) is 479 Å². The van der Waals surface area contributed by atoms with Gasteiger partial charge in [0.15, 0.2) is 12.2 Å². The Bertz CT molecular complexity index is 2100. The average Bonchev–Trinajstić information content (AvgIpc) is 0.899. The van der Waals surface area contributed by atoms with Crippen LogP contribution in [0.2, 0.25) is 0 Å². The van der Waals surface area contributed by atoms with Gasteiger partial charge >= 0.3 is 39.5 Å². The van der Waals surface area contributed by atoms with Gasteiger partial charge in [-0.1, -0.05) is 427 Å². The van der Waals surface area contributed by atoms with Gasteiger partial charge in [-0.2, -0.15) is 0 Å². The summed E-state index contributed by atoms with van der Waals surface area (Å²) in [6.07, 6.45) is 72.1. The number of ether oxygens (including phenoxy) is 4. The van der Waals surface area contributed by atoms with Crippen molar-refractivity contribution in [1.82, 2.24) is 0 Å². The average molecular weight is 1590 g/mol. The normalized spacial score (nSPS) is 13.8. The Kier molecular flexibility index (Phi) is 78.5. The number of aliphatic hydroxyl groups is 1. The van der Waals surface area contributed by atoms with E-state index in [1.165, 1.54) is 289 Å². The zero-order valence-electron chi connectivity index (χ0n) is 72.0. The predicted octanol–water partition coefficient (Wildman–Crippen LogP) is 27.6.